The molecule has 0 aliphatic heterocycles. The van der Waals surface area contributed by atoms with Crippen LogP contribution in [0, 0.1) is 0 Å². The van der Waals surface area contributed by atoms with Crippen LogP contribution in [-0.2, 0) is 0 Å². The van der Waals surface area contributed by atoms with Gasteiger partial charge in [-0.15, -0.1) is 0 Å². The van der Waals surface area contributed by atoms with Crippen molar-refractivity contribution in [2.75, 3.05) is 13.7 Å². The molecule has 1 aromatic rings. The van der Waals surface area contributed by atoms with E-state index in [1.54, 1.807) is 0 Å². The number of aromatic nitrogens is 1. The summed E-state index contributed by atoms with van der Waals surface area (Å²) in [6.07, 6.45) is 4.98. The van der Waals surface area contributed by atoms with Gasteiger partial charge in [0.25, 0.3) is 0 Å². The van der Waals surface area contributed by atoms with Gasteiger partial charge in [-0.3, -0.25) is 0 Å². The summed E-state index contributed by atoms with van der Waals surface area (Å²) >= 11 is 0. The molecule has 0 saturated heterocycles. The molecule has 18 heavy (non-hydrogen) atoms. The smallest absolute Gasteiger partial charge is 0.216 e. The number of nitrogens with one attached hydrogen (secondary N) is 1. The van der Waals surface area contributed by atoms with E-state index in [0.717, 1.165) is 6.42 Å². The summed E-state index contributed by atoms with van der Waals surface area (Å²) in [6, 6.07) is 6.09. The van der Waals surface area contributed by atoms with Gasteiger partial charge in [-0.25, -0.2) is 0 Å². The lowest BCUT2D eigenvalue weighted by Gasteiger charge is -2.31. The van der Waals surface area contributed by atoms with Gasteiger partial charge in [-0.2, -0.15) is 4.98 Å². The van der Waals surface area contributed by atoms with Crippen molar-refractivity contribution in [1.29, 1.82) is 0 Å². The molecule has 1 N–H and O–H groups in total. The lowest BCUT2D eigenvalue weighted by atomic mass is 9.92. The number of hydrogen-bond acceptors (Lipinski definition) is 4. The van der Waals surface area contributed by atoms with E-state index in [1.165, 1.54) is 19.3 Å². The largest absolute Gasteiger partial charge is 0.478 e. The molecule has 1 saturated carbocycles. The highest BCUT2D eigenvalue weighted by molar-refractivity contribution is 5.20. The van der Waals surface area contributed by atoms with Crippen LogP contribution in [0.4, 0.5) is 0 Å². The Balaban J connectivity index is 2.00. The van der Waals surface area contributed by atoms with Crippen LogP contribution in [0.25, 0.3) is 0 Å². The molecule has 2 rings (SSSR count). The highest BCUT2D eigenvalue weighted by atomic mass is 16.5. The highest BCUT2D eigenvalue weighted by Gasteiger charge is 2.25. The lowest BCUT2D eigenvalue weighted by Crippen LogP contribution is -2.43. The number of hydrogen-bond donors (Lipinski definition) is 1. The second-order valence-electron chi connectivity index (χ2n) is 4.58. The summed E-state index contributed by atoms with van der Waals surface area (Å²) in [5.41, 5.74) is 0. The molecule has 0 bridgehead atoms. The normalized spacial score (nSPS) is 23.7. The van der Waals surface area contributed by atoms with E-state index in [1.807, 2.05) is 32.2 Å². The number of ether oxygens (including phenoxy) is 2. The average molecular weight is 250 g/mol. The van der Waals surface area contributed by atoms with E-state index in [4.69, 9.17) is 9.47 Å². The zero-order valence-electron chi connectivity index (χ0n) is 11.2. The fraction of sp³-hybridized carbons (Fsp3) is 0.643. The molecule has 0 amide bonds. The molecule has 4 nitrogen and oxygen atoms in total. The molecular weight excluding hydrogens is 228 g/mol. The van der Waals surface area contributed by atoms with Crippen LogP contribution in [0.5, 0.6) is 11.8 Å². The molecule has 1 aliphatic carbocycles. The molecule has 100 valence electrons. The van der Waals surface area contributed by atoms with Crippen molar-refractivity contribution in [3.05, 3.63) is 18.2 Å². The van der Waals surface area contributed by atoms with Gasteiger partial charge >= 0.3 is 0 Å². The molecule has 1 fully saturated rings. The maximum Gasteiger partial charge on any atom is 0.216 e. The van der Waals surface area contributed by atoms with Crippen molar-refractivity contribution in [2.45, 2.75) is 44.8 Å². The van der Waals surface area contributed by atoms with Gasteiger partial charge in [-0.1, -0.05) is 12.5 Å². The third kappa shape index (κ3) is 3.35. The van der Waals surface area contributed by atoms with E-state index < -0.39 is 0 Å². The van der Waals surface area contributed by atoms with Crippen LogP contribution in [0.3, 0.4) is 0 Å². The molecular formula is C14H22N2O2. The van der Waals surface area contributed by atoms with Gasteiger partial charge in [0, 0.05) is 18.2 Å². The molecule has 1 heterocycles. The summed E-state index contributed by atoms with van der Waals surface area (Å²) in [6.45, 7) is 2.58. The number of nitrogens with zero attached hydrogens (tertiary/aromatic N) is 1. The topological polar surface area (TPSA) is 43.4 Å². The monoisotopic (exact) mass is 250 g/mol. The fourth-order valence-electron chi connectivity index (χ4n) is 2.41. The molecule has 0 radical (unpaired) electrons. The van der Waals surface area contributed by atoms with Gasteiger partial charge in [0.2, 0.25) is 11.8 Å². The van der Waals surface area contributed by atoms with E-state index in [2.05, 4.69) is 10.3 Å². The fourth-order valence-corrected chi connectivity index (χ4v) is 2.41. The molecule has 0 aromatic carbocycles. The van der Waals surface area contributed by atoms with Gasteiger partial charge in [0.05, 0.1) is 6.61 Å². The Morgan fingerprint density at radius 1 is 1.28 bits per heavy atom. The van der Waals surface area contributed by atoms with Crippen LogP contribution < -0.4 is 14.8 Å². The lowest BCUT2D eigenvalue weighted by molar-refractivity contribution is 0.112. The summed E-state index contributed by atoms with van der Waals surface area (Å²) in [4.78, 5) is 4.35. The van der Waals surface area contributed by atoms with Crippen molar-refractivity contribution in [3.8, 4) is 11.8 Å². The van der Waals surface area contributed by atoms with E-state index in [-0.39, 0.29) is 6.10 Å². The summed E-state index contributed by atoms with van der Waals surface area (Å²) < 4.78 is 11.4. The van der Waals surface area contributed by atoms with Crippen LogP contribution in [0.15, 0.2) is 18.2 Å². The quantitative estimate of drug-likeness (QED) is 0.871. The van der Waals surface area contributed by atoms with Crippen LogP contribution in [-0.4, -0.2) is 30.8 Å². The molecule has 2 unspecified atom stereocenters. The maximum absolute atomic E-state index is 5.99. The van der Waals surface area contributed by atoms with Crippen molar-refractivity contribution in [3.63, 3.8) is 0 Å². The van der Waals surface area contributed by atoms with Gasteiger partial charge in [-0.05, 0) is 33.2 Å². The summed E-state index contributed by atoms with van der Waals surface area (Å²) in [5.74, 6) is 1.29. The third-order valence-electron chi connectivity index (χ3n) is 3.34. The third-order valence-corrected chi connectivity index (χ3v) is 3.34. The Kier molecular flexibility index (Phi) is 4.81. The number of likely N-dealkylation sites (N-methyl/N-ethyl adjacent to an activating group) is 1. The first-order valence-corrected chi connectivity index (χ1v) is 6.77. The van der Waals surface area contributed by atoms with E-state index in [9.17, 15) is 0 Å². The molecule has 4 heteroatoms. The van der Waals surface area contributed by atoms with Crippen molar-refractivity contribution < 1.29 is 9.47 Å². The molecule has 0 spiro atoms. The first-order chi connectivity index (χ1) is 8.83. The Hall–Kier alpha value is -1.29. The van der Waals surface area contributed by atoms with Gasteiger partial charge in [0.15, 0.2) is 0 Å². The van der Waals surface area contributed by atoms with Crippen molar-refractivity contribution in [1.82, 2.24) is 10.3 Å². The molecule has 2 atom stereocenters. The Morgan fingerprint density at radius 3 is 2.83 bits per heavy atom. The average Bonchev–Trinajstić information content (AvgIpc) is 2.40. The maximum atomic E-state index is 5.99. The minimum atomic E-state index is 0.216. The number of pyridine rings is 1. The SMILES string of the molecule is CCOc1cccc(OC2CCCCC2NC)n1. The van der Waals surface area contributed by atoms with E-state index >= 15 is 0 Å². The van der Waals surface area contributed by atoms with Crippen molar-refractivity contribution in [2.24, 2.45) is 0 Å². The Morgan fingerprint density at radius 2 is 2.06 bits per heavy atom. The first-order valence-electron chi connectivity index (χ1n) is 6.77. The second-order valence-corrected chi connectivity index (χ2v) is 4.58. The zero-order valence-corrected chi connectivity index (χ0v) is 11.2. The highest BCUT2D eigenvalue weighted by Crippen LogP contribution is 2.23. The van der Waals surface area contributed by atoms with Crippen molar-refractivity contribution >= 4 is 0 Å². The summed E-state index contributed by atoms with van der Waals surface area (Å²) in [5, 5.41) is 3.33. The predicted octanol–water partition coefficient (Wildman–Crippen LogP) is 2.39. The minimum absolute atomic E-state index is 0.216. The van der Waals surface area contributed by atoms with Gasteiger partial charge < -0.3 is 14.8 Å². The standard InChI is InChI=1S/C14H22N2O2/c1-3-17-13-9-6-10-14(16-13)18-12-8-5-4-7-11(12)15-2/h6,9-12,15H,3-5,7-8H2,1-2H3. The van der Waals surface area contributed by atoms with Gasteiger partial charge in [0.1, 0.15) is 6.10 Å². The Labute approximate surface area is 109 Å². The zero-order chi connectivity index (χ0) is 12.8. The molecule has 1 aromatic heterocycles. The second kappa shape index (κ2) is 6.59. The van der Waals surface area contributed by atoms with E-state index in [0.29, 0.717) is 24.4 Å². The predicted molar refractivity (Wildman–Crippen MR) is 71.1 cm³/mol. The minimum Gasteiger partial charge on any atom is -0.478 e. The van der Waals surface area contributed by atoms with Crippen LogP contribution in [0.2, 0.25) is 0 Å². The molecule has 1 aliphatic rings. The first kappa shape index (κ1) is 13.1. The van der Waals surface area contributed by atoms with Crippen LogP contribution >= 0.6 is 0 Å². The Bertz CT molecular complexity index is 371. The number of rotatable bonds is 5. The van der Waals surface area contributed by atoms with Crippen LogP contribution in [0.1, 0.15) is 32.6 Å². The summed E-state index contributed by atoms with van der Waals surface area (Å²) in [7, 11) is 2.00.